The van der Waals surface area contributed by atoms with E-state index in [1.54, 1.807) is 7.11 Å². The lowest BCUT2D eigenvalue weighted by Crippen LogP contribution is -2.38. The van der Waals surface area contributed by atoms with E-state index >= 15 is 0 Å². The molecular formula is C9H20O3. The molecule has 3 heteroatoms. The maximum atomic E-state index is 5.42. The molecule has 0 fully saturated rings. The fourth-order valence-electron chi connectivity index (χ4n) is 1.15. The quantitative estimate of drug-likeness (QED) is 0.556. The van der Waals surface area contributed by atoms with E-state index in [1.165, 1.54) is 0 Å². The molecule has 0 radical (unpaired) electrons. The first-order valence-electron chi connectivity index (χ1n) is 4.57. The molecule has 0 aliphatic rings. The number of hydrogen-bond donors (Lipinski definition) is 0. The lowest BCUT2D eigenvalue weighted by Gasteiger charge is -2.30. The van der Waals surface area contributed by atoms with Crippen LogP contribution < -0.4 is 0 Å². The number of ether oxygens (including phenoxy) is 3. The van der Waals surface area contributed by atoms with Crippen molar-refractivity contribution in [3.63, 3.8) is 0 Å². The van der Waals surface area contributed by atoms with Crippen LogP contribution in [0.25, 0.3) is 0 Å². The van der Waals surface area contributed by atoms with E-state index in [2.05, 4.69) is 6.92 Å². The molecule has 0 heterocycles. The lowest BCUT2D eigenvalue weighted by molar-refractivity contribution is -0.371. The van der Waals surface area contributed by atoms with E-state index in [4.69, 9.17) is 14.2 Å². The van der Waals surface area contributed by atoms with Crippen LogP contribution in [0.1, 0.15) is 33.6 Å². The van der Waals surface area contributed by atoms with Gasteiger partial charge < -0.3 is 14.2 Å². The van der Waals surface area contributed by atoms with Crippen molar-refractivity contribution in [1.82, 2.24) is 0 Å². The fraction of sp³-hybridized carbons (Fsp3) is 1.00. The summed E-state index contributed by atoms with van der Waals surface area (Å²) in [6.07, 6.45) is 1.75. The van der Waals surface area contributed by atoms with Crippen LogP contribution in [0, 0.1) is 0 Å². The summed E-state index contributed by atoms with van der Waals surface area (Å²) in [7, 11) is 1.61. The zero-order valence-corrected chi connectivity index (χ0v) is 8.55. The number of methoxy groups -OCH3 is 1. The molecule has 74 valence electrons. The summed E-state index contributed by atoms with van der Waals surface area (Å²) in [6.45, 7) is 7.15. The van der Waals surface area contributed by atoms with Crippen molar-refractivity contribution in [3.05, 3.63) is 0 Å². The molecule has 0 aromatic rings. The summed E-state index contributed by atoms with van der Waals surface area (Å²) >= 11 is 0. The summed E-state index contributed by atoms with van der Waals surface area (Å²) in [5.74, 6) is -0.807. The Morgan fingerprint density at radius 2 is 1.50 bits per heavy atom. The molecular weight excluding hydrogens is 156 g/mol. The third kappa shape index (κ3) is 3.52. The van der Waals surface area contributed by atoms with E-state index in [-0.39, 0.29) is 0 Å². The molecule has 0 saturated heterocycles. The van der Waals surface area contributed by atoms with Gasteiger partial charge in [0.2, 0.25) is 0 Å². The van der Waals surface area contributed by atoms with E-state index in [0.29, 0.717) is 13.2 Å². The second kappa shape index (κ2) is 6.40. The third-order valence-electron chi connectivity index (χ3n) is 1.60. The molecule has 3 nitrogen and oxygen atoms in total. The van der Waals surface area contributed by atoms with Crippen molar-refractivity contribution < 1.29 is 14.2 Å². The minimum absolute atomic E-state index is 0.605. The molecule has 0 saturated carbocycles. The van der Waals surface area contributed by atoms with Crippen LogP contribution in [0.3, 0.4) is 0 Å². The van der Waals surface area contributed by atoms with Crippen LogP contribution in [0.15, 0.2) is 0 Å². The minimum atomic E-state index is -0.807. The molecule has 0 spiro atoms. The van der Waals surface area contributed by atoms with Crippen molar-refractivity contribution in [1.29, 1.82) is 0 Å². The second-order valence-corrected chi connectivity index (χ2v) is 2.50. The van der Waals surface area contributed by atoms with Crippen molar-refractivity contribution in [2.24, 2.45) is 0 Å². The Kier molecular flexibility index (Phi) is 6.34. The Hall–Kier alpha value is -0.120. The molecule has 0 atom stereocenters. The Balaban J connectivity index is 4.06. The molecule has 0 bridgehead atoms. The molecule has 0 aromatic heterocycles. The summed E-state index contributed by atoms with van der Waals surface area (Å²) < 4.78 is 16.0. The van der Waals surface area contributed by atoms with Gasteiger partial charge in [-0.1, -0.05) is 6.92 Å². The van der Waals surface area contributed by atoms with Crippen molar-refractivity contribution in [2.75, 3.05) is 20.3 Å². The largest absolute Gasteiger partial charge is 0.331 e. The average molecular weight is 176 g/mol. The number of rotatable bonds is 7. The predicted molar refractivity (Wildman–Crippen MR) is 47.9 cm³/mol. The van der Waals surface area contributed by atoms with Crippen molar-refractivity contribution in [3.8, 4) is 0 Å². The zero-order valence-electron chi connectivity index (χ0n) is 8.55. The van der Waals surface area contributed by atoms with E-state index in [9.17, 15) is 0 Å². The Morgan fingerprint density at radius 3 is 1.75 bits per heavy atom. The highest BCUT2D eigenvalue weighted by molar-refractivity contribution is 4.55. The Labute approximate surface area is 75.0 Å². The normalized spacial score (nSPS) is 12.0. The molecule has 0 rings (SSSR count). The highest BCUT2D eigenvalue weighted by Crippen LogP contribution is 2.20. The highest BCUT2D eigenvalue weighted by atomic mass is 16.9. The monoisotopic (exact) mass is 176 g/mol. The van der Waals surface area contributed by atoms with E-state index < -0.39 is 5.97 Å². The van der Waals surface area contributed by atoms with Crippen LogP contribution in [0.4, 0.5) is 0 Å². The standard InChI is InChI=1S/C9H20O3/c1-5-8-9(10-4,11-6-2)12-7-3/h5-8H2,1-4H3. The maximum Gasteiger partial charge on any atom is 0.282 e. The molecule has 0 aliphatic carbocycles. The Bertz CT molecular complexity index is 86.9. The minimum Gasteiger partial charge on any atom is -0.331 e. The average Bonchev–Trinajstić information content (AvgIpc) is 2.06. The molecule has 0 unspecified atom stereocenters. The first kappa shape index (κ1) is 11.9. The summed E-state index contributed by atoms with van der Waals surface area (Å²) in [6, 6.07) is 0. The van der Waals surface area contributed by atoms with Gasteiger partial charge in [-0.15, -0.1) is 0 Å². The first-order chi connectivity index (χ1) is 5.74. The summed E-state index contributed by atoms with van der Waals surface area (Å²) in [5, 5.41) is 0. The highest BCUT2D eigenvalue weighted by Gasteiger charge is 2.29. The van der Waals surface area contributed by atoms with Crippen LogP contribution in [0.2, 0.25) is 0 Å². The van der Waals surface area contributed by atoms with Gasteiger partial charge in [-0.2, -0.15) is 0 Å². The van der Waals surface area contributed by atoms with Crippen molar-refractivity contribution >= 4 is 0 Å². The summed E-state index contributed by atoms with van der Waals surface area (Å²) in [4.78, 5) is 0. The zero-order chi connectivity index (χ0) is 9.45. The molecule has 0 aromatic carbocycles. The van der Waals surface area contributed by atoms with Gasteiger partial charge in [-0.25, -0.2) is 0 Å². The molecule has 0 aliphatic heterocycles. The fourth-order valence-corrected chi connectivity index (χ4v) is 1.15. The van der Waals surface area contributed by atoms with Crippen LogP contribution >= 0.6 is 0 Å². The van der Waals surface area contributed by atoms with Crippen LogP contribution in [-0.2, 0) is 14.2 Å². The van der Waals surface area contributed by atoms with E-state index in [1.807, 2.05) is 13.8 Å². The van der Waals surface area contributed by atoms with Crippen LogP contribution in [-0.4, -0.2) is 26.3 Å². The van der Waals surface area contributed by atoms with Gasteiger partial charge in [0.1, 0.15) is 0 Å². The molecule has 12 heavy (non-hydrogen) atoms. The smallest absolute Gasteiger partial charge is 0.282 e. The predicted octanol–water partition coefficient (Wildman–Crippen LogP) is 2.16. The first-order valence-corrected chi connectivity index (χ1v) is 4.57. The van der Waals surface area contributed by atoms with Crippen LogP contribution in [0.5, 0.6) is 0 Å². The van der Waals surface area contributed by atoms with Gasteiger partial charge >= 0.3 is 0 Å². The summed E-state index contributed by atoms with van der Waals surface area (Å²) in [5.41, 5.74) is 0. The Morgan fingerprint density at radius 1 is 1.00 bits per heavy atom. The van der Waals surface area contributed by atoms with Crippen molar-refractivity contribution in [2.45, 2.75) is 39.6 Å². The second-order valence-electron chi connectivity index (χ2n) is 2.50. The SMILES string of the molecule is CCCC(OC)(OCC)OCC. The van der Waals surface area contributed by atoms with Gasteiger partial charge in [-0.05, 0) is 20.3 Å². The topological polar surface area (TPSA) is 27.7 Å². The lowest BCUT2D eigenvalue weighted by atomic mass is 10.3. The van der Waals surface area contributed by atoms with Gasteiger partial charge in [0.05, 0.1) is 0 Å². The van der Waals surface area contributed by atoms with Gasteiger partial charge in [0.25, 0.3) is 5.97 Å². The van der Waals surface area contributed by atoms with Gasteiger partial charge in [0.15, 0.2) is 0 Å². The third-order valence-corrected chi connectivity index (χ3v) is 1.60. The number of hydrogen-bond acceptors (Lipinski definition) is 3. The maximum absolute atomic E-state index is 5.42. The molecule has 0 N–H and O–H groups in total. The van der Waals surface area contributed by atoms with Gasteiger partial charge in [0, 0.05) is 26.7 Å². The van der Waals surface area contributed by atoms with E-state index in [0.717, 1.165) is 12.8 Å². The molecule has 0 amide bonds. The van der Waals surface area contributed by atoms with Gasteiger partial charge in [-0.3, -0.25) is 0 Å².